The van der Waals surface area contributed by atoms with Crippen molar-refractivity contribution in [3.8, 4) is 0 Å². The number of aliphatic hydroxyl groups is 1. The van der Waals surface area contributed by atoms with Crippen molar-refractivity contribution in [2.75, 3.05) is 6.61 Å². The normalized spacial score (nSPS) is 19.9. The summed E-state index contributed by atoms with van der Waals surface area (Å²) in [4.78, 5) is 25.5. The Morgan fingerprint density at radius 2 is 2.04 bits per heavy atom. The summed E-state index contributed by atoms with van der Waals surface area (Å²) in [5.41, 5.74) is 1.23. The molecule has 0 aliphatic carbocycles. The number of carbonyl (C=O) groups excluding carboxylic acids is 2. The quantitative estimate of drug-likeness (QED) is 0.848. The van der Waals surface area contributed by atoms with Gasteiger partial charge in [0.15, 0.2) is 0 Å². The first-order valence-corrected chi connectivity index (χ1v) is 7.82. The zero-order chi connectivity index (χ0) is 17.0. The van der Waals surface area contributed by atoms with E-state index >= 15 is 0 Å². The number of imide groups is 1. The molecular formula is C18H23NO4. The van der Waals surface area contributed by atoms with E-state index in [2.05, 4.69) is 0 Å². The first-order chi connectivity index (χ1) is 10.9. The molecule has 1 heterocycles. The molecule has 1 fully saturated rings. The molecule has 1 saturated heterocycles. The van der Waals surface area contributed by atoms with Gasteiger partial charge in [-0.2, -0.15) is 0 Å². The van der Waals surface area contributed by atoms with Crippen molar-refractivity contribution in [1.82, 2.24) is 4.90 Å². The highest BCUT2D eigenvalue weighted by Gasteiger charge is 2.39. The Hall–Kier alpha value is -2.14. The van der Waals surface area contributed by atoms with Crippen LogP contribution in [0.5, 0.6) is 0 Å². The van der Waals surface area contributed by atoms with Crippen LogP contribution in [0.25, 0.3) is 0 Å². The Balaban J connectivity index is 2.05. The topological polar surface area (TPSA) is 66.8 Å². The average Bonchev–Trinajstić information content (AvgIpc) is 2.94. The molecule has 2 atom stereocenters. The summed E-state index contributed by atoms with van der Waals surface area (Å²) in [6.07, 6.45) is 0.718. The summed E-state index contributed by atoms with van der Waals surface area (Å²) in [7, 11) is 0. The van der Waals surface area contributed by atoms with Gasteiger partial charge in [-0.05, 0) is 24.8 Å². The molecule has 23 heavy (non-hydrogen) atoms. The highest BCUT2D eigenvalue weighted by molar-refractivity contribution is 6.03. The molecule has 124 valence electrons. The summed E-state index contributed by atoms with van der Waals surface area (Å²) < 4.78 is 5.00. The Morgan fingerprint density at radius 3 is 2.65 bits per heavy atom. The molecule has 0 spiro atoms. The SMILES string of the molecule is C/C(=C\C[C@H](O)c1ccccc1)C(=O)N1C(=O)OC[C@@H]1C(C)C. The predicted octanol–water partition coefficient (Wildman–Crippen LogP) is 3.06. The average molecular weight is 317 g/mol. The highest BCUT2D eigenvalue weighted by Crippen LogP contribution is 2.23. The van der Waals surface area contributed by atoms with Crippen molar-refractivity contribution in [3.05, 3.63) is 47.5 Å². The molecule has 5 heteroatoms. The van der Waals surface area contributed by atoms with Gasteiger partial charge in [-0.15, -0.1) is 0 Å². The van der Waals surface area contributed by atoms with Gasteiger partial charge < -0.3 is 9.84 Å². The first kappa shape index (κ1) is 17.2. The lowest BCUT2D eigenvalue weighted by atomic mass is 10.0. The van der Waals surface area contributed by atoms with Crippen molar-refractivity contribution in [3.63, 3.8) is 0 Å². The summed E-state index contributed by atoms with van der Waals surface area (Å²) in [5, 5.41) is 10.1. The van der Waals surface area contributed by atoms with Crippen LogP contribution in [-0.2, 0) is 9.53 Å². The zero-order valence-corrected chi connectivity index (χ0v) is 13.7. The van der Waals surface area contributed by atoms with Gasteiger partial charge >= 0.3 is 6.09 Å². The lowest BCUT2D eigenvalue weighted by Gasteiger charge is -2.22. The number of amides is 2. The van der Waals surface area contributed by atoms with E-state index in [0.717, 1.165) is 5.56 Å². The standard InChI is InChI=1S/C18H23NO4/c1-12(2)15-11-23-18(22)19(15)17(21)13(3)9-10-16(20)14-7-5-4-6-8-14/h4-9,12,15-16,20H,10-11H2,1-3H3/b13-9+/t15-,16+/m1/s1. The molecule has 1 aromatic carbocycles. The molecule has 1 aliphatic rings. The molecule has 0 radical (unpaired) electrons. The van der Waals surface area contributed by atoms with Crippen LogP contribution in [0.4, 0.5) is 4.79 Å². The minimum Gasteiger partial charge on any atom is -0.447 e. The van der Waals surface area contributed by atoms with Crippen LogP contribution in [0.15, 0.2) is 42.0 Å². The fourth-order valence-corrected chi connectivity index (χ4v) is 2.54. The second-order valence-corrected chi connectivity index (χ2v) is 6.11. The van der Waals surface area contributed by atoms with Crippen molar-refractivity contribution in [2.24, 2.45) is 5.92 Å². The Kier molecular flexibility index (Phi) is 5.55. The number of rotatable bonds is 5. The first-order valence-electron chi connectivity index (χ1n) is 7.82. The number of aliphatic hydroxyl groups excluding tert-OH is 1. The number of nitrogens with zero attached hydrogens (tertiary/aromatic N) is 1. The van der Waals surface area contributed by atoms with E-state index in [1.165, 1.54) is 4.90 Å². The molecule has 1 aliphatic heterocycles. The molecule has 1 N–H and O–H groups in total. The smallest absolute Gasteiger partial charge is 0.417 e. The highest BCUT2D eigenvalue weighted by atomic mass is 16.6. The zero-order valence-electron chi connectivity index (χ0n) is 13.7. The maximum Gasteiger partial charge on any atom is 0.417 e. The van der Waals surface area contributed by atoms with E-state index in [0.29, 0.717) is 12.0 Å². The van der Waals surface area contributed by atoms with E-state index in [4.69, 9.17) is 4.74 Å². The van der Waals surface area contributed by atoms with Crippen LogP contribution in [0.1, 0.15) is 38.9 Å². The molecule has 0 saturated carbocycles. The number of benzene rings is 1. The van der Waals surface area contributed by atoms with Gasteiger partial charge in [0.2, 0.25) is 0 Å². The van der Waals surface area contributed by atoms with Crippen LogP contribution in [0.3, 0.4) is 0 Å². The van der Waals surface area contributed by atoms with Crippen LogP contribution in [0.2, 0.25) is 0 Å². The summed E-state index contributed by atoms with van der Waals surface area (Å²) in [6, 6.07) is 9.02. The lowest BCUT2D eigenvalue weighted by Crippen LogP contribution is -2.42. The molecule has 5 nitrogen and oxygen atoms in total. The largest absolute Gasteiger partial charge is 0.447 e. The predicted molar refractivity (Wildman–Crippen MR) is 86.6 cm³/mol. The second kappa shape index (κ2) is 7.42. The molecule has 0 unspecified atom stereocenters. The number of hydrogen-bond donors (Lipinski definition) is 1. The fraction of sp³-hybridized carbons (Fsp3) is 0.444. The Labute approximate surface area is 136 Å². The molecule has 0 aromatic heterocycles. The lowest BCUT2D eigenvalue weighted by molar-refractivity contribution is -0.125. The minimum absolute atomic E-state index is 0.133. The van der Waals surface area contributed by atoms with Gasteiger partial charge in [-0.1, -0.05) is 50.3 Å². The third-order valence-electron chi connectivity index (χ3n) is 4.06. The number of ether oxygens (including phenoxy) is 1. The Morgan fingerprint density at radius 1 is 1.39 bits per heavy atom. The second-order valence-electron chi connectivity index (χ2n) is 6.11. The van der Waals surface area contributed by atoms with Crippen molar-refractivity contribution in [1.29, 1.82) is 0 Å². The molecule has 0 bridgehead atoms. The minimum atomic E-state index is -0.676. The fourth-order valence-electron chi connectivity index (χ4n) is 2.54. The van der Waals surface area contributed by atoms with Gasteiger partial charge in [0, 0.05) is 5.57 Å². The van der Waals surface area contributed by atoms with E-state index in [9.17, 15) is 14.7 Å². The molecule has 1 aromatic rings. The van der Waals surface area contributed by atoms with Crippen molar-refractivity contribution < 1.29 is 19.4 Å². The summed E-state index contributed by atoms with van der Waals surface area (Å²) >= 11 is 0. The van der Waals surface area contributed by atoms with Gasteiger partial charge in [-0.25, -0.2) is 9.69 Å². The van der Waals surface area contributed by atoms with Gasteiger partial charge in [-0.3, -0.25) is 4.79 Å². The summed E-state index contributed by atoms with van der Waals surface area (Å²) in [5.74, 6) is -0.223. The molecular weight excluding hydrogens is 294 g/mol. The number of carbonyl (C=O) groups is 2. The van der Waals surface area contributed by atoms with Crippen LogP contribution in [0, 0.1) is 5.92 Å². The maximum absolute atomic E-state index is 12.5. The third-order valence-corrected chi connectivity index (χ3v) is 4.06. The van der Waals surface area contributed by atoms with Gasteiger partial charge in [0.25, 0.3) is 5.91 Å². The van der Waals surface area contributed by atoms with E-state index in [1.807, 2.05) is 44.2 Å². The van der Waals surface area contributed by atoms with E-state index in [1.54, 1.807) is 13.0 Å². The maximum atomic E-state index is 12.5. The van der Waals surface area contributed by atoms with Crippen LogP contribution in [-0.4, -0.2) is 34.7 Å². The summed E-state index contributed by atoms with van der Waals surface area (Å²) in [6.45, 7) is 5.79. The van der Waals surface area contributed by atoms with Crippen molar-refractivity contribution in [2.45, 2.75) is 39.3 Å². The van der Waals surface area contributed by atoms with Crippen molar-refractivity contribution >= 4 is 12.0 Å². The van der Waals surface area contributed by atoms with E-state index < -0.39 is 12.2 Å². The third kappa shape index (κ3) is 3.99. The monoisotopic (exact) mass is 317 g/mol. The van der Waals surface area contributed by atoms with Crippen LogP contribution >= 0.6 is 0 Å². The Bertz CT molecular complexity index is 594. The van der Waals surface area contributed by atoms with E-state index in [-0.39, 0.29) is 24.5 Å². The van der Waals surface area contributed by atoms with Crippen LogP contribution < -0.4 is 0 Å². The number of cyclic esters (lactones) is 1. The van der Waals surface area contributed by atoms with Gasteiger partial charge in [0.1, 0.15) is 6.61 Å². The molecule has 2 amide bonds. The van der Waals surface area contributed by atoms with Gasteiger partial charge in [0.05, 0.1) is 12.1 Å². The number of hydrogen-bond acceptors (Lipinski definition) is 4. The molecule has 2 rings (SSSR count).